The smallest absolute Gasteiger partial charge is 0.259 e. The molecular formula is C23H18ClN3O3. The molecule has 2 aromatic carbocycles. The molecule has 0 bridgehead atoms. The molecule has 0 fully saturated rings. The van der Waals surface area contributed by atoms with Crippen molar-refractivity contribution >= 4 is 56.4 Å². The van der Waals surface area contributed by atoms with Gasteiger partial charge in [0.05, 0.1) is 21.7 Å². The van der Waals surface area contributed by atoms with E-state index < -0.39 is 11.8 Å². The van der Waals surface area contributed by atoms with Crippen molar-refractivity contribution in [3.8, 4) is 0 Å². The molecule has 3 N–H and O–H groups in total. The third-order valence-electron chi connectivity index (χ3n) is 5.47. The summed E-state index contributed by atoms with van der Waals surface area (Å²) in [7, 11) is 0. The van der Waals surface area contributed by atoms with Crippen molar-refractivity contribution < 1.29 is 14.7 Å². The lowest BCUT2D eigenvalue weighted by atomic mass is 9.95. The topological polar surface area (TPSA) is 87.1 Å². The fourth-order valence-corrected chi connectivity index (χ4v) is 4.46. The molecule has 0 radical (unpaired) electrons. The van der Waals surface area contributed by atoms with Gasteiger partial charge in [0, 0.05) is 53.0 Å². The van der Waals surface area contributed by atoms with Gasteiger partial charge in [-0.25, -0.2) is 0 Å². The summed E-state index contributed by atoms with van der Waals surface area (Å²) in [6.07, 6.45) is 4.15. The number of aliphatic hydroxyl groups excluding tert-OH is 1. The Morgan fingerprint density at radius 1 is 0.933 bits per heavy atom. The highest BCUT2D eigenvalue weighted by atomic mass is 35.5. The van der Waals surface area contributed by atoms with Gasteiger partial charge >= 0.3 is 0 Å². The number of para-hydroxylation sites is 2. The molecule has 30 heavy (non-hydrogen) atoms. The van der Waals surface area contributed by atoms with Crippen LogP contribution in [0.2, 0.25) is 5.02 Å². The molecule has 150 valence electrons. The van der Waals surface area contributed by atoms with Crippen LogP contribution in [0, 0.1) is 0 Å². The first-order valence-corrected chi connectivity index (χ1v) is 10.0. The van der Waals surface area contributed by atoms with Crippen LogP contribution < -0.4 is 5.32 Å². The number of hydrogen-bond acceptors (Lipinski definition) is 3. The number of fused-ring (bicyclic) bond motifs is 2. The number of aromatic nitrogens is 2. The average molecular weight is 420 g/mol. The number of imide groups is 1. The summed E-state index contributed by atoms with van der Waals surface area (Å²) >= 11 is 6.47. The van der Waals surface area contributed by atoms with Crippen molar-refractivity contribution in [2.75, 3.05) is 6.61 Å². The Hall–Kier alpha value is -3.35. The molecular weight excluding hydrogens is 402 g/mol. The zero-order chi connectivity index (χ0) is 20.8. The SMILES string of the molecule is O=C1NC(=O)C(c2cn(CCCO)c3c(Cl)cccc23)=C1c1c[nH]c2ccccc12. The zero-order valence-electron chi connectivity index (χ0n) is 15.9. The van der Waals surface area contributed by atoms with Crippen molar-refractivity contribution in [1.82, 2.24) is 14.9 Å². The van der Waals surface area contributed by atoms with Crippen molar-refractivity contribution in [3.63, 3.8) is 0 Å². The Bertz CT molecular complexity index is 1360. The van der Waals surface area contributed by atoms with E-state index in [4.69, 9.17) is 11.6 Å². The lowest BCUT2D eigenvalue weighted by Crippen LogP contribution is -2.22. The fraction of sp³-hybridized carbons (Fsp3) is 0.130. The molecule has 1 aliphatic heterocycles. The maximum absolute atomic E-state index is 12.9. The van der Waals surface area contributed by atoms with Gasteiger partial charge in [0.15, 0.2) is 0 Å². The van der Waals surface area contributed by atoms with Crippen LogP contribution in [-0.4, -0.2) is 33.1 Å². The van der Waals surface area contributed by atoms with Crippen LogP contribution in [0.25, 0.3) is 33.0 Å². The monoisotopic (exact) mass is 419 g/mol. The first-order valence-electron chi connectivity index (χ1n) is 9.65. The second-order valence-electron chi connectivity index (χ2n) is 7.23. The van der Waals surface area contributed by atoms with Gasteiger partial charge in [-0.1, -0.05) is 41.9 Å². The molecule has 0 aliphatic carbocycles. The number of hydrogen-bond donors (Lipinski definition) is 3. The fourth-order valence-electron chi connectivity index (χ4n) is 4.18. The number of aromatic amines is 1. The molecule has 5 rings (SSSR count). The average Bonchev–Trinajstić information content (AvgIpc) is 3.40. The standard InChI is InChI=1S/C23H18ClN3O3/c24-17-7-3-6-14-16(12-27(21(14)17)9-4-10-28)20-19(22(29)26-23(20)30)15-11-25-18-8-2-1-5-13(15)18/h1-3,5-8,11-12,25,28H,4,9-10H2,(H,26,29,30). The van der Waals surface area contributed by atoms with Gasteiger partial charge in [0.25, 0.3) is 11.8 Å². The molecule has 7 heteroatoms. The van der Waals surface area contributed by atoms with E-state index in [1.807, 2.05) is 47.2 Å². The highest BCUT2D eigenvalue weighted by Crippen LogP contribution is 2.39. The van der Waals surface area contributed by atoms with Crippen LogP contribution in [0.3, 0.4) is 0 Å². The number of nitrogens with one attached hydrogen (secondary N) is 2. The summed E-state index contributed by atoms with van der Waals surface area (Å²) in [6, 6.07) is 13.2. The number of benzene rings is 2. The number of halogens is 1. The molecule has 2 amide bonds. The summed E-state index contributed by atoms with van der Waals surface area (Å²) in [5, 5.41) is 13.9. The van der Waals surface area contributed by atoms with E-state index in [9.17, 15) is 14.7 Å². The highest BCUT2D eigenvalue weighted by molar-refractivity contribution is 6.51. The molecule has 1 aliphatic rings. The van der Waals surface area contributed by atoms with E-state index in [0.29, 0.717) is 40.3 Å². The summed E-state index contributed by atoms with van der Waals surface area (Å²) in [4.78, 5) is 28.9. The van der Waals surface area contributed by atoms with Crippen LogP contribution >= 0.6 is 11.6 Å². The Morgan fingerprint density at radius 3 is 2.47 bits per heavy atom. The van der Waals surface area contributed by atoms with Crippen LogP contribution in [0.1, 0.15) is 17.5 Å². The number of carbonyl (C=O) groups excluding carboxylic acids is 2. The van der Waals surface area contributed by atoms with Crippen molar-refractivity contribution in [2.24, 2.45) is 0 Å². The van der Waals surface area contributed by atoms with E-state index in [0.717, 1.165) is 21.8 Å². The first kappa shape index (κ1) is 18.7. The van der Waals surface area contributed by atoms with Gasteiger partial charge in [-0.2, -0.15) is 0 Å². The second-order valence-corrected chi connectivity index (χ2v) is 7.64. The summed E-state index contributed by atoms with van der Waals surface area (Å²) in [6.45, 7) is 0.587. The van der Waals surface area contributed by atoms with Gasteiger partial charge < -0.3 is 14.7 Å². The van der Waals surface area contributed by atoms with Gasteiger partial charge in [-0.05, 0) is 18.6 Å². The van der Waals surface area contributed by atoms with Gasteiger partial charge in [0.1, 0.15) is 0 Å². The quantitative estimate of drug-likeness (QED) is 0.431. The number of nitrogens with zero attached hydrogens (tertiary/aromatic N) is 1. The summed E-state index contributed by atoms with van der Waals surface area (Å²) in [5.74, 6) is -0.848. The van der Waals surface area contributed by atoms with Gasteiger partial charge in [0.2, 0.25) is 0 Å². The molecule has 3 heterocycles. The molecule has 0 atom stereocenters. The first-order chi connectivity index (χ1) is 14.6. The van der Waals surface area contributed by atoms with Crippen LogP contribution in [-0.2, 0) is 16.1 Å². The largest absolute Gasteiger partial charge is 0.396 e. The van der Waals surface area contributed by atoms with Crippen molar-refractivity contribution in [2.45, 2.75) is 13.0 Å². The summed E-state index contributed by atoms with van der Waals surface area (Å²) < 4.78 is 1.93. The van der Waals surface area contributed by atoms with Crippen LogP contribution in [0.5, 0.6) is 0 Å². The second kappa shape index (κ2) is 7.16. The van der Waals surface area contributed by atoms with E-state index in [2.05, 4.69) is 10.3 Å². The normalized spacial score (nSPS) is 14.3. The molecule has 0 saturated heterocycles. The van der Waals surface area contributed by atoms with E-state index >= 15 is 0 Å². The summed E-state index contributed by atoms with van der Waals surface area (Å²) in [5.41, 5.74) is 3.68. The lowest BCUT2D eigenvalue weighted by Gasteiger charge is -2.04. The Labute approximate surface area is 176 Å². The minimum absolute atomic E-state index is 0.0434. The van der Waals surface area contributed by atoms with E-state index in [1.54, 1.807) is 12.3 Å². The Kier molecular flexibility index (Phi) is 4.46. The number of rotatable bonds is 5. The van der Waals surface area contributed by atoms with E-state index in [-0.39, 0.29) is 6.61 Å². The number of aliphatic hydroxyl groups is 1. The highest BCUT2D eigenvalue weighted by Gasteiger charge is 2.35. The molecule has 6 nitrogen and oxygen atoms in total. The number of H-pyrrole nitrogens is 1. The molecule has 2 aromatic heterocycles. The maximum atomic E-state index is 12.9. The van der Waals surface area contributed by atoms with Crippen molar-refractivity contribution in [1.29, 1.82) is 0 Å². The lowest BCUT2D eigenvalue weighted by molar-refractivity contribution is -0.122. The number of aryl methyl sites for hydroxylation is 1. The van der Waals surface area contributed by atoms with E-state index in [1.165, 1.54) is 0 Å². The van der Waals surface area contributed by atoms with Gasteiger partial charge in [-0.15, -0.1) is 0 Å². The Morgan fingerprint density at radius 2 is 1.67 bits per heavy atom. The van der Waals surface area contributed by atoms with Crippen LogP contribution in [0.15, 0.2) is 54.9 Å². The third-order valence-corrected chi connectivity index (χ3v) is 5.77. The van der Waals surface area contributed by atoms with Gasteiger partial charge in [-0.3, -0.25) is 14.9 Å². The Balaban J connectivity index is 1.81. The molecule has 0 unspecified atom stereocenters. The molecule has 0 saturated carbocycles. The number of carbonyl (C=O) groups is 2. The predicted octanol–water partition coefficient (Wildman–Crippen LogP) is 3.73. The minimum Gasteiger partial charge on any atom is -0.396 e. The zero-order valence-corrected chi connectivity index (χ0v) is 16.7. The predicted molar refractivity (Wildman–Crippen MR) is 117 cm³/mol. The minimum atomic E-state index is -0.429. The third kappa shape index (κ3) is 2.76. The van der Waals surface area contributed by atoms with Crippen LogP contribution in [0.4, 0.5) is 0 Å². The maximum Gasteiger partial charge on any atom is 0.259 e. The number of amides is 2. The molecule has 0 spiro atoms. The molecule has 4 aromatic rings. The van der Waals surface area contributed by atoms with Crippen molar-refractivity contribution in [3.05, 3.63) is 71.0 Å².